The third-order valence-electron chi connectivity index (χ3n) is 6.57. The van der Waals surface area contributed by atoms with Gasteiger partial charge in [-0.05, 0) is 80.8 Å². The summed E-state index contributed by atoms with van der Waals surface area (Å²) in [6.45, 7) is 2.22. The van der Waals surface area contributed by atoms with Crippen LogP contribution >= 0.6 is 12.4 Å². The zero-order chi connectivity index (χ0) is 16.0. The van der Waals surface area contributed by atoms with E-state index in [-0.39, 0.29) is 24.4 Å². The first kappa shape index (κ1) is 17.5. The Bertz CT molecular complexity index is 566. The Morgan fingerprint density at radius 3 is 2.33 bits per heavy atom. The SMILES string of the molecule is CC(NC(=O)Cc1ccc(N)cn1)C12CC3CC(CC(C3)C1)C2.Cl. The fourth-order valence-electron chi connectivity index (χ4n) is 5.86. The van der Waals surface area contributed by atoms with E-state index in [0.29, 0.717) is 17.5 Å². The second-order valence-corrected chi connectivity index (χ2v) is 8.33. The number of nitrogen functional groups attached to an aromatic ring is 1. The molecular formula is C19H28ClN3O. The summed E-state index contributed by atoms with van der Waals surface area (Å²) in [6, 6.07) is 3.92. The third kappa shape index (κ3) is 3.26. The van der Waals surface area contributed by atoms with Gasteiger partial charge in [0.15, 0.2) is 0 Å². The molecule has 24 heavy (non-hydrogen) atoms. The number of hydrogen-bond donors (Lipinski definition) is 2. The number of pyridine rings is 1. The zero-order valence-electron chi connectivity index (χ0n) is 14.3. The lowest BCUT2D eigenvalue weighted by molar-refractivity contribution is -0.125. The van der Waals surface area contributed by atoms with Crippen LogP contribution in [0.5, 0.6) is 0 Å². The smallest absolute Gasteiger partial charge is 0.226 e. The highest BCUT2D eigenvalue weighted by molar-refractivity contribution is 5.85. The average Bonchev–Trinajstić information content (AvgIpc) is 2.48. The Balaban J connectivity index is 0.00000169. The Morgan fingerprint density at radius 1 is 1.25 bits per heavy atom. The highest BCUT2D eigenvalue weighted by atomic mass is 35.5. The summed E-state index contributed by atoms with van der Waals surface area (Å²) in [5, 5.41) is 3.29. The van der Waals surface area contributed by atoms with Gasteiger partial charge < -0.3 is 11.1 Å². The Labute approximate surface area is 150 Å². The van der Waals surface area contributed by atoms with Gasteiger partial charge in [0.05, 0.1) is 18.3 Å². The van der Waals surface area contributed by atoms with Gasteiger partial charge in [-0.15, -0.1) is 12.4 Å². The number of anilines is 1. The van der Waals surface area contributed by atoms with Crippen LogP contribution in [0.4, 0.5) is 5.69 Å². The maximum Gasteiger partial charge on any atom is 0.226 e. The summed E-state index contributed by atoms with van der Waals surface area (Å²) in [5.41, 5.74) is 7.43. The molecule has 4 aliphatic rings. The molecule has 1 aromatic rings. The fraction of sp³-hybridized carbons (Fsp3) is 0.684. The molecule has 4 saturated carbocycles. The largest absolute Gasteiger partial charge is 0.397 e. The third-order valence-corrected chi connectivity index (χ3v) is 6.57. The number of nitrogens with one attached hydrogen (secondary N) is 1. The molecule has 3 N–H and O–H groups in total. The maximum absolute atomic E-state index is 12.4. The molecule has 0 spiro atoms. The lowest BCUT2D eigenvalue weighted by Crippen LogP contribution is -2.56. The predicted octanol–water partition coefficient (Wildman–Crippen LogP) is 3.35. The minimum atomic E-state index is 0. The van der Waals surface area contributed by atoms with Crippen LogP contribution in [0, 0.1) is 23.2 Å². The van der Waals surface area contributed by atoms with Crippen LogP contribution in [0.2, 0.25) is 0 Å². The molecule has 4 fully saturated rings. The van der Waals surface area contributed by atoms with E-state index in [9.17, 15) is 4.79 Å². The quantitative estimate of drug-likeness (QED) is 0.875. The van der Waals surface area contributed by atoms with Gasteiger partial charge in [-0.25, -0.2) is 0 Å². The molecular weight excluding hydrogens is 322 g/mol. The molecule has 0 aromatic carbocycles. The number of halogens is 1. The van der Waals surface area contributed by atoms with Crippen molar-refractivity contribution in [3.05, 3.63) is 24.0 Å². The highest BCUT2D eigenvalue weighted by Crippen LogP contribution is 2.61. The Morgan fingerprint density at radius 2 is 1.83 bits per heavy atom. The number of rotatable bonds is 4. The van der Waals surface area contributed by atoms with Crippen molar-refractivity contribution in [2.75, 3.05) is 5.73 Å². The standard InChI is InChI=1S/C19H27N3O.ClH/c1-12(22-18(23)7-17-3-2-16(20)11-21-17)19-8-13-4-14(9-19)6-15(5-13)10-19;/h2-3,11-15H,4-10,20H2,1H3,(H,22,23);1H. The summed E-state index contributed by atoms with van der Waals surface area (Å²) < 4.78 is 0. The molecule has 132 valence electrons. The van der Waals surface area contributed by atoms with Gasteiger partial charge in [0.25, 0.3) is 0 Å². The highest BCUT2D eigenvalue weighted by Gasteiger charge is 2.53. The van der Waals surface area contributed by atoms with Crippen molar-refractivity contribution in [2.24, 2.45) is 23.2 Å². The second kappa shape index (κ2) is 6.55. The van der Waals surface area contributed by atoms with Gasteiger partial charge in [-0.3, -0.25) is 9.78 Å². The molecule has 5 rings (SSSR count). The van der Waals surface area contributed by atoms with Gasteiger partial charge in [0.1, 0.15) is 0 Å². The van der Waals surface area contributed by atoms with Gasteiger partial charge >= 0.3 is 0 Å². The van der Waals surface area contributed by atoms with Crippen LogP contribution in [-0.2, 0) is 11.2 Å². The van der Waals surface area contributed by atoms with Crippen molar-refractivity contribution >= 4 is 24.0 Å². The maximum atomic E-state index is 12.4. The first-order chi connectivity index (χ1) is 11.0. The van der Waals surface area contributed by atoms with Gasteiger partial charge in [-0.1, -0.05) is 0 Å². The van der Waals surface area contributed by atoms with E-state index in [1.54, 1.807) is 12.3 Å². The van der Waals surface area contributed by atoms with Crippen LogP contribution in [-0.4, -0.2) is 16.9 Å². The topological polar surface area (TPSA) is 68.0 Å². The number of carbonyl (C=O) groups is 1. The minimum absolute atomic E-state index is 0. The van der Waals surface area contributed by atoms with Crippen LogP contribution in [0.25, 0.3) is 0 Å². The molecule has 0 aliphatic heterocycles. The van der Waals surface area contributed by atoms with E-state index in [4.69, 9.17) is 5.73 Å². The van der Waals surface area contributed by atoms with Crippen molar-refractivity contribution in [1.29, 1.82) is 0 Å². The lowest BCUT2D eigenvalue weighted by Gasteiger charge is -2.59. The average molecular weight is 350 g/mol. The van der Waals surface area contributed by atoms with Crippen molar-refractivity contribution < 1.29 is 4.79 Å². The molecule has 4 aliphatic carbocycles. The first-order valence-electron chi connectivity index (χ1n) is 9.02. The van der Waals surface area contributed by atoms with E-state index in [2.05, 4.69) is 17.2 Å². The summed E-state index contributed by atoms with van der Waals surface area (Å²) in [6.07, 6.45) is 10.2. The van der Waals surface area contributed by atoms with Crippen LogP contribution in [0.15, 0.2) is 18.3 Å². The van der Waals surface area contributed by atoms with Crippen LogP contribution < -0.4 is 11.1 Å². The number of nitrogens with two attached hydrogens (primary N) is 1. The van der Waals surface area contributed by atoms with Crippen LogP contribution in [0.3, 0.4) is 0 Å². The monoisotopic (exact) mass is 349 g/mol. The molecule has 1 unspecified atom stereocenters. The van der Waals surface area contributed by atoms with Crippen molar-refractivity contribution in [1.82, 2.24) is 10.3 Å². The van der Waals surface area contributed by atoms with Crippen molar-refractivity contribution in [2.45, 2.75) is 57.9 Å². The molecule has 5 heteroatoms. The number of amides is 1. The van der Waals surface area contributed by atoms with E-state index in [1.165, 1.54) is 38.5 Å². The zero-order valence-corrected chi connectivity index (χ0v) is 15.1. The Hall–Kier alpha value is -1.29. The number of hydrogen-bond acceptors (Lipinski definition) is 3. The van der Waals surface area contributed by atoms with E-state index in [0.717, 1.165) is 23.4 Å². The molecule has 1 heterocycles. The second-order valence-electron chi connectivity index (χ2n) is 8.33. The summed E-state index contributed by atoms with van der Waals surface area (Å²) in [4.78, 5) is 16.7. The number of nitrogens with zero attached hydrogens (tertiary/aromatic N) is 1. The molecule has 0 radical (unpaired) electrons. The molecule has 1 atom stereocenters. The molecule has 0 saturated heterocycles. The van der Waals surface area contributed by atoms with Crippen molar-refractivity contribution in [3.8, 4) is 0 Å². The molecule has 1 aromatic heterocycles. The van der Waals surface area contributed by atoms with E-state index < -0.39 is 0 Å². The first-order valence-corrected chi connectivity index (χ1v) is 9.02. The Kier molecular flexibility index (Phi) is 4.78. The predicted molar refractivity (Wildman–Crippen MR) is 97.8 cm³/mol. The van der Waals surface area contributed by atoms with Crippen LogP contribution in [0.1, 0.15) is 51.1 Å². The van der Waals surface area contributed by atoms with Gasteiger partial charge in [0, 0.05) is 11.7 Å². The lowest BCUT2D eigenvalue weighted by atomic mass is 9.48. The van der Waals surface area contributed by atoms with Crippen molar-refractivity contribution in [3.63, 3.8) is 0 Å². The normalized spacial score (nSPS) is 34.5. The number of carbonyl (C=O) groups excluding carboxylic acids is 1. The summed E-state index contributed by atoms with van der Waals surface area (Å²) >= 11 is 0. The summed E-state index contributed by atoms with van der Waals surface area (Å²) in [7, 11) is 0. The van der Waals surface area contributed by atoms with E-state index in [1.807, 2.05) is 6.07 Å². The van der Waals surface area contributed by atoms with Gasteiger partial charge in [-0.2, -0.15) is 0 Å². The van der Waals surface area contributed by atoms with Gasteiger partial charge in [0.2, 0.25) is 5.91 Å². The minimum Gasteiger partial charge on any atom is -0.397 e. The fourth-order valence-corrected chi connectivity index (χ4v) is 5.86. The summed E-state index contributed by atoms with van der Waals surface area (Å²) in [5.74, 6) is 2.84. The number of aromatic nitrogens is 1. The molecule has 4 bridgehead atoms. The molecule has 4 nitrogen and oxygen atoms in total. The molecule has 1 amide bonds. The van der Waals surface area contributed by atoms with E-state index >= 15 is 0 Å².